The van der Waals surface area contributed by atoms with E-state index in [1.54, 1.807) is 0 Å². The number of hydrogen-bond acceptors (Lipinski definition) is 4. The van der Waals surface area contributed by atoms with E-state index in [2.05, 4.69) is 56.9 Å². The summed E-state index contributed by atoms with van der Waals surface area (Å²) < 4.78 is 1.98. The smallest absolute Gasteiger partial charge is 0.191 e. The third-order valence-electron chi connectivity index (χ3n) is 5.44. The number of nitrogens with one attached hydrogen (secondary N) is 2. The molecule has 0 spiro atoms. The van der Waals surface area contributed by atoms with Gasteiger partial charge in [0.05, 0.1) is 13.1 Å². The Morgan fingerprint density at radius 3 is 2.52 bits per heavy atom. The highest BCUT2D eigenvalue weighted by Gasteiger charge is 2.10. The van der Waals surface area contributed by atoms with Crippen LogP contribution in [0.2, 0.25) is 0 Å². The number of aliphatic imine (C=N–C) groups is 1. The molecule has 1 aliphatic rings. The number of halogens is 1. The van der Waals surface area contributed by atoms with Crippen molar-refractivity contribution in [3.8, 4) is 0 Å². The van der Waals surface area contributed by atoms with Gasteiger partial charge >= 0.3 is 0 Å². The lowest BCUT2D eigenvalue weighted by Gasteiger charge is -2.26. The van der Waals surface area contributed by atoms with Crippen molar-refractivity contribution in [2.75, 3.05) is 19.6 Å². The van der Waals surface area contributed by atoms with Crippen molar-refractivity contribution in [2.45, 2.75) is 45.8 Å². The van der Waals surface area contributed by atoms with Gasteiger partial charge < -0.3 is 10.6 Å². The van der Waals surface area contributed by atoms with Gasteiger partial charge in [0.1, 0.15) is 0 Å². The van der Waals surface area contributed by atoms with Crippen LogP contribution in [-0.4, -0.2) is 45.1 Å². The second kappa shape index (κ2) is 12.0. The van der Waals surface area contributed by atoms with E-state index in [-0.39, 0.29) is 24.0 Å². The van der Waals surface area contributed by atoms with Crippen LogP contribution in [0.15, 0.2) is 53.7 Å². The number of rotatable bonds is 7. The fourth-order valence-electron chi connectivity index (χ4n) is 3.81. The minimum absolute atomic E-state index is 0. The van der Waals surface area contributed by atoms with Gasteiger partial charge in [-0.2, -0.15) is 0 Å². The second-order valence-electron chi connectivity index (χ2n) is 7.75. The molecular formula is C23H32IN7. The van der Waals surface area contributed by atoms with Crippen LogP contribution in [0.25, 0.3) is 5.65 Å². The lowest BCUT2D eigenvalue weighted by Crippen LogP contribution is -2.37. The van der Waals surface area contributed by atoms with Crippen LogP contribution in [0.3, 0.4) is 0 Å². The van der Waals surface area contributed by atoms with Gasteiger partial charge in [0.2, 0.25) is 0 Å². The molecule has 0 bridgehead atoms. The molecule has 0 atom stereocenters. The Labute approximate surface area is 201 Å². The molecule has 2 aromatic heterocycles. The van der Waals surface area contributed by atoms with Crippen LogP contribution in [0, 0.1) is 0 Å². The van der Waals surface area contributed by atoms with E-state index in [1.165, 1.54) is 43.5 Å². The molecule has 3 aromatic rings. The van der Waals surface area contributed by atoms with Gasteiger partial charge in [-0.15, -0.1) is 34.2 Å². The van der Waals surface area contributed by atoms with Crippen LogP contribution in [0.4, 0.5) is 0 Å². The molecule has 31 heavy (non-hydrogen) atoms. The zero-order valence-electron chi connectivity index (χ0n) is 18.1. The number of nitrogens with zero attached hydrogens (tertiary/aromatic N) is 5. The standard InChI is InChI=1S/C23H31N7.HI/c1-2-24-23(26-17-22-28-27-21-8-4-7-15-30(21)22)25-16-19-9-11-20(12-10-19)18-29-13-5-3-6-14-29;/h4,7-12,15H,2-3,5-6,13-14,16-18H2,1H3,(H2,24,25,26);1H. The van der Waals surface area contributed by atoms with E-state index >= 15 is 0 Å². The number of benzene rings is 1. The second-order valence-corrected chi connectivity index (χ2v) is 7.75. The van der Waals surface area contributed by atoms with Crippen molar-refractivity contribution < 1.29 is 0 Å². The van der Waals surface area contributed by atoms with Crippen molar-refractivity contribution >= 4 is 35.6 Å². The Morgan fingerprint density at radius 2 is 1.74 bits per heavy atom. The number of likely N-dealkylation sites (tertiary alicyclic amines) is 1. The minimum Gasteiger partial charge on any atom is -0.357 e. The third kappa shape index (κ3) is 6.64. The molecule has 166 valence electrons. The Kier molecular flexibility index (Phi) is 9.08. The molecule has 0 unspecified atom stereocenters. The number of aromatic nitrogens is 3. The molecule has 1 fully saturated rings. The van der Waals surface area contributed by atoms with Gasteiger partial charge in [-0.3, -0.25) is 9.30 Å². The molecule has 0 aliphatic carbocycles. The number of piperidine rings is 1. The molecule has 1 saturated heterocycles. The lowest BCUT2D eigenvalue weighted by atomic mass is 10.1. The van der Waals surface area contributed by atoms with E-state index in [1.807, 2.05) is 28.8 Å². The molecule has 0 amide bonds. The number of fused-ring (bicyclic) bond motifs is 1. The van der Waals surface area contributed by atoms with Crippen LogP contribution in [0.5, 0.6) is 0 Å². The van der Waals surface area contributed by atoms with Crippen molar-refractivity contribution in [1.29, 1.82) is 0 Å². The maximum Gasteiger partial charge on any atom is 0.191 e. The molecule has 7 nitrogen and oxygen atoms in total. The Hall–Kier alpha value is -2.20. The first-order chi connectivity index (χ1) is 14.8. The number of hydrogen-bond donors (Lipinski definition) is 2. The quantitative estimate of drug-likeness (QED) is 0.276. The first kappa shape index (κ1) is 23.5. The summed E-state index contributed by atoms with van der Waals surface area (Å²) in [6.07, 6.45) is 6.01. The fourth-order valence-corrected chi connectivity index (χ4v) is 3.81. The molecule has 3 heterocycles. The zero-order valence-corrected chi connectivity index (χ0v) is 20.5. The summed E-state index contributed by atoms with van der Waals surface area (Å²) in [4.78, 5) is 7.29. The fraction of sp³-hybridized carbons (Fsp3) is 0.435. The highest BCUT2D eigenvalue weighted by molar-refractivity contribution is 14.0. The van der Waals surface area contributed by atoms with Gasteiger partial charge in [-0.05, 0) is 56.1 Å². The Bertz CT molecular complexity index is 961. The van der Waals surface area contributed by atoms with E-state index in [0.29, 0.717) is 13.1 Å². The molecule has 2 N–H and O–H groups in total. The Balaban J connectivity index is 0.00000272. The summed E-state index contributed by atoms with van der Waals surface area (Å²) in [7, 11) is 0. The summed E-state index contributed by atoms with van der Waals surface area (Å²) in [6.45, 7) is 7.59. The van der Waals surface area contributed by atoms with Crippen molar-refractivity contribution in [3.63, 3.8) is 0 Å². The summed E-state index contributed by atoms with van der Waals surface area (Å²) in [5.74, 6) is 1.64. The van der Waals surface area contributed by atoms with Gasteiger partial charge in [0.25, 0.3) is 0 Å². The van der Waals surface area contributed by atoms with E-state index in [0.717, 1.165) is 30.5 Å². The molecule has 0 saturated carbocycles. The van der Waals surface area contributed by atoms with Crippen molar-refractivity contribution in [2.24, 2.45) is 4.99 Å². The average molecular weight is 533 g/mol. The maximum atomic E-state index is 4.74. The molecule has 0 radical (unpaired) electrons. The van der Waals surface area contributed by atoms with Crippen LogP contribution in [-0.2, 0) is 19.6 Å². The van der Waals surface area contributed by atoms with E-state index < -0.39 is 0 Å². The van der Waals surface area contributed by atoms with E-state index in [9.17, 15) is 0 Å². The SMILES string of the molecule is CCNC(=NCc1ccc(CN2CCCCC2)cc1)NCc1nnc2ccccn12.I. The monoisotopic (exact) mass is 533 g/mol. The van der Waals surface area contributed by atoms with Crippen LogP contribution < -0.4 is 10.6 Å². The number of pyridine rings is 1. The van der Waals surface area contributed by atoms with Gasteiger partial charge in [0.15, 0.2) is 17.4 Å². The van der Waals surface area contributed by atoms with Gasteiger partial charge in [-0.1, -0.05) is 36.8 Å². The average Bonchev–Trinajstić information content (AvgIpc) is 3.20. The van der Waals surface area contributed by atoms with Crippen LogP contribution in [0.1, 0.15) is 43.1 Å². The third-order valence-corrected chi connectivity index (χ3v) is 5.44. The molecule has 1 aromatic carbocycles. The maximum absolute atomic E-state index is 4.74. The largest absolute Gasteiger partial charge is 0.357 e. The topological polar surface area (TPSA) is 69.8 Å². The minimum atomic E-state index is 0. The highest BCUT2D eigenvalue weighted by atomic mass is 127. The van der Waals surface area contributed by atoms with Gasteiger partial charge in [0, 0.05) is 19.3 Å². The van der Waals surface area contributed by atoms with E-state index in [4.69, 9.17) is 4.99 Å². The number of guanidine groups is 1. The van der Waals surface area contributed by atoms with Crippen molar-refractivity contribution in [1.82, 2.24) is 30.1 Å². The predicted octanol–water partition coefficient (Wildman–Crippen LogP) is 3.59. The zero-order chi connectivity index (χ0) is 20.6. The summed E-state index contributed by atoms with van der Waals surface area (Å²) in [5, 5.41) is 15.1. The first-order valence-corrected chi connectivity index (χ1v) is 10.9. The normalized spacial score (nSPS) is 14.9. The van der Waals surface area contributed by atoms with Crippen LogP contribution >= 0.6 is 24.0 Å². The lowest BCUT2D eigenvalue weighted by molar-refractivity contribution is 0.221. The summed E-state index contributed by atoms with van der Waals surface area (Å²) in [5.41, 5.74) is 3.44. The van der Waals surface area contributed by atoms with Crippen molar-refractivity contribution in [3.05, 3.63) is 65.6 Å². The summed E-state index contributed by atoms with van der Waals surface area (Å²) >= 11 is 0. The molecule has 8 heteroatoms. The molecular weight excluding hydrogens is 501 g/mol. The molecule has 1 aliphatic heterocycles. The highest BCUT2D eigenvalue weighted by Crippen LogP contribution is 2.14. The first-order valence-electron chi connectivity index (χ1n) is 10.9. The summed E-state index contributed by atoms with van der Waals surface area (Å²) in [6, 6.07) is 14.8. The molecule has 4 rings (SSSR count). The Morgan fingerprint density at radius 1 is 0.968 bits per heavy atom. The van der Waals surface area contributed by atoms with Gasteiger partial charge in [-0.25, -0.2) is 4.99 Å². The predicted molar refractivity (Wildman–Crippen MR) is 136 cm³/mol.